The lowest BCUT2D eigenvalue weighted by atomic mass is 9.85. The number of halogens is 3. The van der Waals surface area contributed by atoms with Gasteiger partial charge < -0.3 is 10.1 Å². The van der Waals surface area contributed by atoms with E-state index in [1.54, 1.807) is 0 Å². The van der Waals surface area contributed by atoms with Gasteiger partial charge in [-0.05, 0) is 41.7 Å². The van der Waals surface area contributed by atoms with E-state index >= 15 is 0 Å². The third-order valence-corrected chi connectivity index (χ3v) is 6.70. The summed E-state index contributed by atoms with van der Waals surface area (Å²) in [6, 6.07) is 22.0. The Bertz CT molecular complexity index is 1510. The molecule has 3 heterocycles. The molecule has 0 bridgehead atoms. The van der Waals surface area contributed by atoms with E-state index in [1.165, 1.54) is 0 Å². The molecule has 1 unspecified atom stereocenters. The zero-order valence-electron chi connectivity index (χ0n) is 20.6. The molecule has 6 rings (SSSR count). The van der Waals surface area contributed by atoms with Crippen molar-refractivity contribution in [2.45, 2.75) is 24.9 Å². The normalized spacial score (nSPS) is 16.7. The predicted molar refractivity (Wildman–Crippen MR) is 141 cm³/mol. The molecule has 0 radical (unpaired) electrons. The number of nitrogens with one attached hydrogen (secondary N) is 4. The number of rotatable bonds is 5. The van der Waals surface area contributed by atoms with Gasteiger partial charge in [-0.1, -0.05) is 54.6 Å². The number of ether oxygens (including phenoxy) is 1. The van der Waals surface area contributed by atoms with Crippen LogP contribution in [0.3, 0.4) is 0 Å². The first-order chi connectivity index (χ1) is 19.0. The van der Waals surface area contributed by atoms with Gasteiger partial charge >= 0.3 is 6.18 Å². The fourth-order valence-corrected chi connectivity index (χ4v) is 4.90. The van der Waals surface area contributed by atoms with Gasteiger partial charge in [0.15, 0.2) is 5.84 Å². The Hall–Kier alpha value is -4.64. The Balaban J connectivity index is 1.50. The van der Waals surface area contributed by atoms with Crippen molar-refractivity contribution in [1.29, 1.82) is 0 Å². The highest BCUT2D eigenvalue weighted by Gasteiger charge is 2.31. The lowest BCUT2D eigenvalue weighted by Gasteiger charge is -2.22. The van der Waals surface area contributed by atoms with Crippen molar-refractivity contribution >= 4 is 17.5 Å². The third kappa shape index (κ3) is 5.08. The van der Waals surface area contributed by atoms with Crippen LogP contribution in [0, 0.1) is 0 Å². The van der Waals surface area contributed by atoms with Crippen LogP contribution >= 0.6 is 0 Å². The van der Waals surface area contributed by atoms with E-state index in [2.05, 4.69) is 55.1 Å². The molecule has 11 heteroatoms. The van der Waals surface area contributed by atoms with Crippen LogP contribution < -0.4 is 26.5 Å². The van der Waals surface area contributed by atoms with Crippen LogP contribution in [0.25, 0.3) is 11.1 Å². The van der Waals surface area contributed by atoms with E-state index in [-0.39, 0.29) is 11.9 Å². The number of aromatic nitrogens is 2. The van der Waals surface area contributed by atoms with Crippen molar-refractivity contribution in [3.05, 3.63) is 101 Å². The van der Waals surface area contributed by atoms with Crippen molar-refractivity contribution in [1.82, 2.24) is 26.5 Å². The smallest absolute Gasteiger partial charge is 0.419 e. The van der Waals surface area contributed by atoms with Gasteiger partial charge in [-0.3, -0.25) is 5.43 Å². The molecule has 0 saturated carbocycles. The highest BCUT2D eigenvalue weighted by atomic mass is 19.4. The highest BCUT2D eigenvalue weighted by molar-refractivity contribution is 6.05. The monoisotopic (exact) mass is 531 g/mol. The van der Waals surface area contributed by atoms with E-state index in [0.29, 0.717) is 23.9 Å². The van der Waals surface area contributed by atoms with Crippen LogP contribution in [-0.4, -0.2) is 22.4 Å². The minimum absolute atomic E-state index is 0.0370. The summed E-state index contributed by atoms with van der Waals surface area (Å²) in [7, 11) is 0. The lowest BCUT2D eigenvalue weighted by molar-refractivity contribution is -0.138. The van der Waals surface area contributed by atoms with Crippen LogP contribution in [0.2, 0.25) is 0 Å². The van der Waals surface area contributed by atoms with Crippen LogP contribution in [0.4, 0.5) is 24.8 Å². The number of hydrogen-bond donors (Lipinski definition) is 4. The lowest BCUT2D eigenvalue weighted by Crippen LogP contribution is -2.35. The first kappa shape index (κ1) is 24.7. The number of nitrogens with zero attached hydrogens (tertiary/aromatic N) is 3. The van der Waals surface area contributed by atoms with Crippen molar-refractivity contribution in [3.63, 3.8) is 0 Å². The van der Waals surface area contributed by atoms with E-state index in [9.17, 15) is 13.2 Å². The summed E-state index contributed by atoms with van der Waals surface area (Å²) in [5, 5.41) is 7.39. The number of hydrogen-bond acceptors (Lipinski definition) is 8. The van der Waals surface area contributed by atoms with E-state index in [1.807, 2.05) is 48.5 Å². The fourth-order valence-electron chi connectivity index (χ4n) is 4.90. The standard InChI is InChI=1S/C28H24F3N7O/c29-28(30,31)19-15-32-27(33-16-19)34-24-14-18(21-9-4-5-10-22(21)26-35-37-38-36-26)13-23-20(11-6-12-39-25(23)24)17-7-2-1-3-8-17/h1-5,7-10,13-16,20,37-38H,6,11-12H2,(H,35,36)(H,32,33,34). The van der Waals surface area contributed by atoms with Gasteiger partial charge in [0.05, 0.1) is 17.9 Å². The Morgan fingerprint density at radius 3 is 2.38 bits per heavy atom. The third-order valence-electron chi connectivity index (χ3n) is 6.70. The van der Waals surface area contributed by atoms with Gasteiger partial charge in [-0.25, -0.2) is 15.5 Å². The second kappa shape index (κ2) is 10.3. The molecule has 0 spiro atoms. The quantitative estimate of drug-likeness (QED) is 0.271. The molecule has 2 aliphatic rings. The number of benzene rings is 3. The summed E-state index contributed by atoms with van der Waals surface area (Å²) in [4.78, 5) is 7.86. The number of amidine groups is 1. The molecular formula is C28H24F3N7O. The molecule has 4 aromatic rings. The van der Waals surface area contributed by atoms with Gasteiger partial charge in [-0.15, -0.1) is 10.6 Å². The van der Waals surface area contributed by atoms with Crippen molar-refractivity contribution < 1.29 is 17.9 Å². The first-order valence-electron chi connectivity index (χ1n) is 12.4. The summed E-state index contributed by atoms with van der Waals surface area (Å²) in [6.45, 7) is 0.507. The SMILES string of the molecule is FC(F)(F)c1cnc(Nc2cc(-c3ccccc3C3=NNNN3)cc3c2OCCCC3c2ccccc2)nc1. The van der Waals surface area contributed by atoms with Crippen molar-refractivity contribution in [2.75, 3.05) is 11.9 Å². The summed E-state index contributed by atoms with van der Waals surface area (Å²) < 4.78 is 45.5. The topological polar surface area (TPSA) is 95.5 Å². The zero-order valence-corrected chi connectivity index (χ0v) is 20.6. The number of fused-ring (bicyclic) bond motifs is 1. The molecule has 8 nitrogen and oxygen atoms in total. The number of alkyl halides is 3. The molecule has 0 aliphatic carbocycles. The largest absolute Gasteiger partial charge is 0.491 e. The zero-order chi connectivity index (χ0) is 26.8. The summed E-state index contributed by atoms with van der Waals surface area (Å²) in [5.41, 5.74) is 12.9. The molecule has 0 amide bonds. The van der Waals surface area contributed by atoms with E-state index in [4.69, 9.17) is 4.74 Å². The van der Waals surface area contributed by atoms with Crippen LogP contribution in [-0.2, 0) is 6.18 Å². The van der Waals surface area contributed by atoms with Crippen LogP contribution in [0.1, 0.15) is 41.0 Å². The van der Waals surface area contributed by atoms with E-state index in [0.717, 1.165) is 53.1 Å². The van der Waals surface area contributed by atoms with Gasteiger partial charge in [0.1, 0.15) is 5.75 Å². The first-order valence-corrected chi connectivity index (χ1v) is 12.4. The number of hydrazone groups is 1. The summed E-state index contributed by atoms with van der Waals surface area (Å²) >= 11 is 0. The summed E-state index contributed by atoms with van der Waals surface area (Å²) in [6.07, 6.45) is -1.27. The molecule has 4 N–H and O–H groups in total. The van der Waals surface area contributed by atoms with E-state index < -0.39 is 11.7 Å². The predicted octanol–water partition coefficient (Wildman–Crippen LogP) is 5.48. The Labute approximate surface area is 222 Å². The fraction of sp³-hybridized carbons (Fsp3) is 0.179. The minimum Gasteiger partial charge on any atom is -0.491 e. The number of anilines is 2. The van der Waals surface area contributed by atoms with Gasteiger partial charge in [0.25, 0.3) is 0 Å². The summed E-state index contributed by atoms with van der Waals surface area (Å²) in [5.74, 6) is 1.34. The molecule has 0 saturated heterocycles. The Morgan fingerprint density at radius 2 is 1.67 bits per heavy atom. The average molecular weight is 532 g/mol. The molecule has 39 heavy (non-hydrogen) atoms. The minimum atomic E-state index is -4.52. The second-order valence-corrected chi connectivity index (χ2v) is 9.18. The Kier molecular flexibility index (Phi) is 6.49. The molecular weight excluding hydrogens is 507 g/mol. The van der Waals surface area contributed by atoms with Gasteiger partial charge in [-0.2, -0.15) is 13.2 Å². The average Bonchev–Trinajstić information content (AvgIpc) is 3.40. The van der Waals surface area contributed by atoms with Gasteiger partial charge in [0, 0.05) is 29.4 Å². The molecule has 3 aromatic carbocycles. The van der Waals surface area contributed by atoms with Crippen LogP contribution in [0.5, 0.6) is 5.75 Å². The molecule has 198 valence electrons. The van der Waals surface area contributed by atoms with Crippen molar-refractivity contribution in [2.24, 2.45) is 5.10 Å². The van der Waals surface area contributed by atoms with Crippen LogP contribution in [0.15, 0.2) is 84.2 Å². The molecule has 1 atom stereocenters. The maximum atomic E-state index is 13.1. The van der Waals surface area contributed by atoms with Crippen molar-refractivity contribution in [3.8, 4) is 16.9 Å². The molecule has 0 fully saturated rings. The highest BCUT2D eigenvalue weighted by Crippen LogP contribution is 2.45. The molecule has 1 aromatic heterocycles. The maximum absolute atomic E-state index is 13.1. The second-order valence-electron chi connectivity index (χ2n) is 9.18. The molecule has 2 aliphatic heterocycles. The van der Waals surface area contributed by atoms with Gasteiger partial charge in [0.2, 0.25) is 5.95 Å². The number of hydrazine groups is 2. The Morgan fingerprint density at radius 1 is 0.923 bits per heavy atom. The maximum Gasteiger partial charge on any atom is 0.419 e.